The van der Waals surface area contributed by atoms with Crippen LogP contribution in [0.2, 0.25) is 0 Å². The Morgan fingerprint density at radius 3 is 2.20 bits per heavy atom. The van der Waals surface area contributed by atoms with Crippen LogP contribution in [0, 0.1) is 0 Å². The Hall–Kier alpha value is -0.500. The summed E-state index contributed by atoms with van der Waals surface area (Å²) in [6.07, 6.45) is -1.59. The molecular weight excluding hydrogens is 165 g/mol. The van der Waals surface area contributed by atoms with Crippen LogP contribution in [0.4, 0.5) is 4.39 Å². The fraction of sp³-hybridized carbons (Fsp3) is 0.333. The first-order valence-corrected chi connectivity index (χ1v) is 3.24. The maximum Gasteiger partial charge on any atom is 0.400 e. The van der Waals surface area contributed by atoms with E-state index in [9.17, 15) is 12.8 Å². The van der Waals surface area contributed by atoms with Gasteiger partial charge >= 0.3 is 10.4 Å². The summed E-state index contributed by atoms with van der Waals surface area (Å²) in [6, 6.07) is 0. The van der Waals surface area contributed by atoms with Crippen molar-refractivity contribution in [3.8, 4) is 0 Å². The standard InChI is InChI=1S/C3H5FO4S.H3N/c1-2-3(4)8-9(5,6)7;/h2-3H,1H2,(H,5,6,7);1H3. The lowest BCUT2D eigenvalue weighted by Crippen LogP contribution is -2.09. The zero-order valence-corrected chi connectivity index (χ0v) is 5.84. The lowest BCUT2D eigenvalue weighted by molar-refractivity contribution is 0.105. The largest absolute Gasteiger partial charge is 0.400 e. The minimum atomic E-state index is -4.68. The van der Waals surface area contributed by atoms with Gasteiger partial charge in [0.05, 0.1) is 0 Å². The molecule has 0 fully saturated rings. The Balaban J connectivity index is 0. The van der Waals surface area contributed by atoms with Gasteiger partial charge in [0.15, 0.2) is 0 Å². The van der Waals surface area contributed by atoms with E-state index in [2.05, 4.69) is 10.8 Å². The maximum absolute atomic E-state index is 11.7. The first-order chi connectivity index (χ1) is 3.95. The van der Waals surface area contributed by atoms with Crippen molar-refractivity contribution in [1.29, 1.82) is 0 Å². The van der Waals surface area contributed by atoms with Crippen molar-refractivity contribution in [2.24, 2.45) is 0 Å². The van der Waals surface area contributed by atoms with E-state index in [-0.39, 0.29) is 6.15 Å². The van der Waals surface area contributed by atoms with Crippen LogP contribution in [0.25, 0.3) is 0 Å². The van der Waals surface area contributed by atoms with Gasteiger partial charge in [-0.05, 0) is 6.08 Å². The van der Waals surface area contributed by atoms with E-state index in [1.165, 1.54) is 0 Å². The van der Waals surface area contributed by atoms with Gasteiger partial charge < -0.3 is 6.15 Å². The third-order valence-electron chi connectivity index (χ3n) is 0.399. The molecule has 0 aromatic heterocycles. The lowest BCUT2D eigenvalue weighted by Gasteiger charge is -1.97. The summed E-state index contributed by atoms with van der Waals surface area (Å²) in [5.41, 5.74) is 0. The number of rotatable bonds is 3. The number of hydrogen-bond acceptors (Lipinski definition) is 4. The molecule has 1 atom stereocenters. The van der Waals surface area contributed by atoms with Crippen LogP contribution in [0.3, 0.4) is 0 Å². The highest BCUT2D eigenvalue weighted by atomic mass is 32.3. The molecule has 0 rings (SSSR count). The van der Waals surface area contributed by atoms with Crippen LogP contribution in [-0.4, -0.2) is 19.3 Å². The summed E-state index contributed by atoms with van der Waals surface area (Å²) >= 11 is 0. The first-order valence-electron chi connectivity index (χ1n) is 1.88. The van der Waals surface area contributed by atoms with Crippen LogP contribution in [-0.2, 0) is 14.6 Å². The molecular formula is C3H8FNO4S. The molecule has 0 radical (unpaired) electrons. The molecule has 7 heteroatoms. The van der Waals surface area contributed by atoms with Crippen LogP contribution < -0.4 is 6.15 Å². The summed E-state index contributed by atoms with van der Waals surface area (Å²) in [6.45, 7) is 2.87. The second-order valence-electron chi connectivity index (χ2n) is 1.11. The highest BCUT2D eigenvalue weighted by Crippen LogP contribution is 1.98. The van der Waals surface area contributed by atoms with Crippen molar-refractivity contribution >= 4 is 10.4 Å². The summed E-state index contributed by atoms with van der Waals surface area (Å²) in [4.78, 5) is 0. The molecule has 0 saturated heterocycles. The SMILES string of the molecule is C=CC(F)OS(=O)(=O)O.N. The molecule has 0 aliphatic rings. The van der Waals surface area contributed by atoms with Gasteiger partial charge in [0.2, 0.25) is 6.36 Å². The van der Waals surface area contributed by atoms with E-state index in [1.54, 1.807) is 0 Å². The zero-order valence-electron chi connectivity index (χ0n) is 5.03. The molecule has 0 aliphatic heterocycles. The van der Waals surface area contributed by atoms with E-state index in [0.29, 0.717) is 6.08 Å². The van der Waals surface area contributed by atoms with Gasteiger partial charge in [-0.2, -0.15) is 8.42 Å². The smallest absolute Gasteiger partial charge is 0.344 e. The number of hydrogen-bond donors (Lipinski definition) is 2. The van der Waals surface area contributed by atoms with Crippen molar-refractivity contribution < 1.29 is 21.5 Å². The normalized spacial score (nSPS) is 13.4. The molecule has 1 unspecified atom stereocenters. The average molecular weight is 173 g/mol. The van der Waals surface area contributed by atoms with Gasteiger partial charge in [-0.15, -0.1) is 0 Å². The second-order valence-corrected chi connectivity index (χ2v) is 2.16. The van der Waals surface area contributed by atoms with Crippen LogP contribution in [0.1, 0.15) is 0 Å². The molecule has 0 saturated carbocycles. The Kier molecular flexibility index (Phi) is 5.29. The van der Waals surface area contributed by atoms with Crippen LogP contribution in [0.5, 0.6) is 0 Å². The quantitative estimate of drug-likeness (QED) is 0.476. The van der Waals surface area contributed by atoms with Crippen molar-refractivity contribution in [3.05, 3.63) is 12.7 Å². The van der Waals surface area contributed by atoms with Crippen molar-refractivity contribution in [3.63, 3.8) is 0 Å². The average Bonchev–Trinajstić information content (AvgIpc) is 1.62. The topological polar surface area (TPSA) is 98.6 Å². The summed E-state index contributed by atoms with van der Waals surface area (Å²) in [5, 5.41) is 0. The Morgan fingerprint density at radius 2 is 2.10 bits per heavy atom. The van der Waals surface area contributed by atoms with Gasteiger partial charge in [-0.1, -0.05) is 6.58 Å². The van der Waals surface area contributed by atoms with E-state index in [0.717, 1.165) is 0 Å². The van der Waals surface area contributed by atoms with Crippen LogP contribution >= 0.6 is 0 Å². The number of alkyl halides is 1. The lowest BCUT2D eigenvalue weighted by atomic mass is 10.7. The molecule has 0 aliphatic carbocycles. The van der Waals surface area contributed by atoms with E-state index in [1.807, 2.05) is 0 Å². The molecule has 0 aromatic rings. The van der Waals surface area contributed by atoms with Crippen molar-refractivity contribution in [2.45, 2.75) is 6.36 Å². The zero-order chi connectivity index (χ0) is 7.49. The van der Waals surface area contributed by atoms with Gasteiger partial charge in [-0.3, -0.25) is 4.55 Å². The molecule has 4 N–H and O–H groups in total. The van der Waals surface area contributed by atoms with Gasteiger partial charge in [0, 0.05) is 0 Å². The third-order valence-corrected chi connectivity index (χ3v) is 0.826. The van der Waals surface area contributed by atoms with Gasteiger partial charge in [-0.25, -0.2) is 8.57 Å². The molecule has 10 heavy (non-hydrogen) atoms. The maximum atomic E-state index is 11.7. The minimum absolute atomic E-state index is 0. The van der Waals surface area contributed by atoms with Crippen molar-refractivity contribution in [2.75, 3.05) is 0 Å². The highest BCUT2D eigenvalue weighted by Gasteiger charge is 2.10. The molecule has 0 heterocycles. The second kappa shape index (κ2) is 4.34. The minimum Gasteiger partial charge on any atom is -0.344 e. The molecule has 62 valence electrons. The summed E-state index contributed by atoms with van der Waals surface area (Å²) < 4.78 is 42.2. The Bertz CT molecular complexity index is 189. The first kappa shape index (κ1) is 12.2. The van der Waals surface area contributed by atoms with E-state index < -0.39 is 16.8 Å². The highest BCUT2D eigenvalue weighted by molar-refractivity contribution is 7.80. The molecule has 5 nitrogen and oxygen atoms in total. The Morgan fingerprint density at radius 1 is 1.70 bits per heavy atom. The van der Waals surface area contributed by atoms with Crippen LogP contribution in [0.15, 0.2) is 12.7 Å². The van der Waals surface area contributed by atoms with E-state index >= 15 is 0 Å². The Labute approximate surface area is 58.0 Å². The monoisotopic (exact) mass is 173 g/mol. The summed E-state index contributed by atoms with van der Waals surface area (Å²) in [7, 11) is -4.68. The predicted octanol–water partition coefficient (Wildman–Crippen LogP) is 0.449. The fourth-order valence-electron chi connectivity index (χ4n) is 0.155. The van der Waals surface area contributed by atoms with Crippen molar-refractivity contribution in [1.82, 2.24) is 6.15 Å². The molecule has 0 aromatic carbocycles. The molecule has 0 spiro atoms. The fourth-order valence-corrected chi connectivity index (χ4v) is 0.466. The molecule has 0 amide bonds. The number of halogens is 1. The summed E-state index contributed by atoms with van der Waals surface area (Å²) in [5.74, 6) is 0. The predicted molar refractivity (Wildman–Crippen MR) is 32.7 cm³/mol. The van der Waals surface area contributed by atoms with E-state index in [4.69, 9.17) is 4.55 Å². The van der Waals surface area contributed by atoms with Gasteiger partial charge in [0.25, 0.3) is 0 Å². The molecule has 0 bridgehead atoms. The van der Waals surface area contributed by atoms with Gasteiger partial charge in [0.1, 0.15) is 0 Å². The third kappa shape index (κ3) is 7.50.